The highest BCUT2D eigenvalue weighted by Crippen LogP contribution is 2.28. The number of amides is 2. The Morgan fingerprint density at radius 3 is 2.19 bits per heavy atom. The molecule has 1 aromatic heterocycles. The molecule has 140 valence electrons. The third-order valence-electron chi connectivity index (χ3n) is 4.27. The molecule has 1 aliphatic rings. The summed E-state index contributed by atoms with van der Waals surface area (Å²) in [5, 5.41) is 5.60. The predicted octanol–water partition coefficient (Wildman–Crippen LogP) is 3.39. The van der Waals surface area contributed by atoms with Gasteiger partial charge in [-0.3, -0.25) is 14.6 Å². The Balaban J connectivity index is 0.00000169. The van der Waals surface area contributed by atoms with Gasteiger partial charge >= 0.3 is 0 Å². The van der Waals surface area contributed by atoms with Crippen molar-refractivity contribution < 1.29 is 9.59 Å². The first-order valence-electron chi connectivity index (χ1n) is 7.99. The third-order valence-corrected chi connectivity index (χ3v) is 4.27. The fourth-order valence-corrected chi connectivity index (χ4v) is 2.83. The van der Waals surface area contributed by atoms with Gasteiger partial charge in [0.15, 0.2) is 0 Å². The van der Waals surface area contributed by atoms with E-state index in [4.69, 9.17) is 5.73 Å². The topological polar surface area (TPSA) is 97.1 Å². The number of carbonyl (C=O) groups is 2. The van der Waals surface area contributed by atoms with Gasteiger partial charge in [-0.05, 0) is 49.2 Å². The number of hydrogen-bond acceptors (Lipinski definition) is 4. The van der Waals surface area contributed by atoms with Gasteiger partial charge in [0.05, 0.1) is 17.4 Å². The van der Waals surface area contributed by atoms with E-state index in [1.165, 1.54) is 0 Å². The number of carbonyl (C=O) groups excluding carboxylic acids is 2. The zero-order valence-electron chi connectivity index (χ0n) is 14.1. The molecule has 1 saturated carbocycles. The summed E-state index contributed by atoms with van der Waals surface area (Å²) in [5.41, 5.74) is 7.13. The summed E-state index contributed by atoms with van der Waals surface area (Å²) in [7, 11) is 0. The molecule has 1 aliphatic carbocycles. The van der Waals surface area contributed by atoms with Crippen LogP contribution in [0.15, 0.2) is 48.8 Å². The van der Waals surface area contributed by atoms with Crippen LogP contribution in [0.5, 0.6) is 0 Å². The maximum absolute atomic E-state index is 12.3. The van der Waals surface area contributed by atoms with Crippen LogP contribution in [0.3, 0.4) is 0 Å². The second-order valence-electron chi connectivity index (χ2n) is 6.09. The fourth-order valence-electron chi connectivity index (χ4n) is 2.83. The molecule has 6 nitrogen and oxygen atoms in total. The van der Waals surface area contributed by atoms with E-state index in [0.717, 1.165) is 12.8 Å². The van der Waals surface area contributed by atoms with Crippen molar-refractivity contribution in [2.45, 2.75) is 31.2 Å². The minimum Gasteiger partial charge on any atom is -0.324 e. The summed E-state index contributed by atoms with van der Waals surface area (Å²) < 4.78 is 0. The first kappa shape index (κ1) is 21.9. The van der Waals surface area contributed by atoms with Crippen LogP contribution in [0.4, 0.5) is 11.4 Å². The molecule has 0 atom stereocenters. The van der Waals surface area contributed by atoms with Gasteiger partial charge in [-0.25, -0.2) is 0 Å². The number of aromatic nitrogens is 1. The smallest absolute Gasteiger partial charge is 0.255 e. The Kier molecular flexibility index (Phi) is 8.02. The monoisotopic (exact) mass is 396 g/mol. The summed E-state index contributed by atoms with van der Waals surface area (Å²) in [6.45, 7) is 0. The largest absolute Gasteiger partial charge is 0.324 e. The maximum Gasteiger partial charge on any atom is 0.255 e. The van der Waals surface area contributed by atoms with Crippen LogP contribution in [0.1, 0.15) is 36.0 Å². The van der Waals surface area contributed by atoms with Crippen molar-refractivity contribution in [2.24, 2.45) is 5.73 Å². The van der Waals surface area contributed by atoms with Crippen molar-refractivity contribution >= 4 is 48.0 Å². The second kappa shape index (κ2) is 9.52. The van der Waals surface area contributed by atoms with Gasteiger partial charge < -0.3 is 16.4 Å². The standard InChI is InChI=1S/C18H20N4O2.2ClH/c19-18(9-1-2-10-18)17(24)22-14-7-5-13(6-8-14)16(23)21-15-4-3-11-20-12-15;;/h3-8,11-12H,1-2,9-10,19H2,(H,21,23)(H,22,24);2*1H. The molecule has 1 fully saturated rings. The van der Waals surface area contributed by atoms with Gasteiger partial charge in [0.1, 0.15) is 0 Å². The van der Waals surface area contributed by atoms with Crippen molar-refractivity contribution in [2.75, 3.05) is 10.6 Å². The van der Waals surface area contributed by atoms with Gasteiger partial charge in [-0.2, -0.15) is 0 Å². The number of nitrogens with two attached hydrogens (primary N) is 1. The quantitative estimate of drug-likeness (QED) is 0.737. The van der Waals surface area contributed by atoms with E-state index in [2.05, 4.69) is 15.6 Å². The lowest BCUT2D eigenvalue weighted by Gasteiger charge is -2.22. The number of pyridine rings is 1. The van der Waals surface area contributed by atoms with Crippen molar-refractivity contribution in [1.82, 2.24) is 4.98 Å². The molecule has 0 radical (unpaired) electrons. The van der Waals surface area contributed by atoms with E-state index in [9.17, 15) is 9.59 Å². The molecule has 4 N–H and O–H groups in total. The molecule has 0 saturated heterocycles. The zero-order chi connectivity index (χ0) is 17.0. The summed E-state index contributed by atoms with van der Waals surface area (Å²) in [6, 6.07) is 10.3. The van der Waals surface area contributed by atoms with E-state index in [1.54, 1.807) is 48.8 Å². The number of nitrogens with zero attached hydrogens (tertiary/aromatic N) is 1. The fraction of sp³-hybridized carbons (Fsp3) is 0.278. The summed E-state index contributed by atoms with van der Waals surface area (Å²) in [5.74, 6) is -0.389. The van der Waals surface area contributed by atoms with Gasteiger partial charge in [0.2, 0.25) is 5.91 Å². The maximum atomic E-state index is 12.3. The molecule has 1 heterocycles. The van der Waals surface area contributed by atoms with Crippen LogP contribution >= 0.6 is 24.8 Å². The summed E-state index contributed by atoms with van der Waals surface area (Å²) in [4.78, 5) is 28.4. The number of anilines is 2. The lowest BCUT2D eigenvalue weighted by atomic mass is 9.98. The first-order chi connectivity index (χ1) is 11.6. The average molecular weight is 397 g/mol. The van der Waals surface area contributed by atoms with Gasteiger partial charge in [0, 0.05) is 17.4 Å². The number of hydrogen-bond donors (Lipinski definition) is 3. The van der Waals surface area contributed by atoms with Crippen LogP contribution in [-0.4, -0.2) is 22.3 Å². The highest BCUT2D eigenvalue weighted by Gasteiger charge is 2.36. The Bertz CT molecular complexity index is 733. The molecule has 3 rings (SSSR count). The Labute approximate surface area is 164 Å². The van der Waals surface area contributed by atoms with Crippen molar-refractivity contribution in [3.05, 3.63) is 54.4 Å². The van der Waals surface area contributed by atoms with Gasteiger partial charge in [-0.15, -0.1) is 24.8 Å². The van der Waals surface area contributed by atoms with E-state index in [1.807, 2.05) is 0 Å². The minimum atomic E-state index is -0.768. The minimum absolute atomic E-state index is 0. The molecular weight excluding hydrogens is 375 g/mol. The lowest BCUT2D eigenvalue weighted by molar-refractivity contribution is -0.121. The zero-order valence-corrected chi connectivity index (χ0v) is 15.7. The van der Waals surface area contributed by atoms with Crippen LogP contribution in [-0.2, 0) is 4.79 Å². The van der Waals surface area contributed by atoms with Crippen molar-refractivity contribution in [3.63, 3.8) is 0 Å². The van der Waals surface area contributed by atoms with Crippen LogP contribution in [0, 0.1) is 0 Å². The second-order valence-corrected chi connectivity index (χ2v) is 6.09. The van der Waals surface area contributed by atoms with E-state index >= 15 is 0 Å². The molecule has 8 heteroatoms. The van der Waals surface area contributed by atoms with E-state index in [0.29, 0.717) is 29.8 Å². The highest BCUT2D eigenvalue weighted by molar-refractivity contribution is 6.04. The molecule has 0 unspecified atom stereocenters. The molecule has 0 spiro atoms. The number of nitrogens with one attached hydrogen (secondary N) is 2. The summed E-state index contributed by atoms with van der Waals surface area (Å²) in [6.07, 6.45) is 6.61. The summed E-state index contributed by atoms with van der Waals surface area (Å²) >= 11 is 0. The Morgan fingerprint density at radius 2 is 1.62 bits per heavy atom. The number of halogens is 2. The molecule has 0 aliphatic heterocycles. The van der Waals surface area contributed by atoms with Crippen molar-refractivity contribution in [1.29, 1.82) is 0 Å². The molecule has 2 amide bonds. The Hall–Kier alpha value is -2.15. The van der Waals surface area contributed by atoms with Crippen molar-refractivity contribution in [3.8, 4) is 0 Å². The van der Waals surface area contributed by atoms with E-state index in [-0.39, 0.29) is 36.6 Å². The third kappa shape index (κ3) is 5.17. The highest BCUT2D eigenvalue weighted by atomic mass is 35.5. The van der Waals surface area contributed by atoms with Gasteiger partial charge in [-0.1, -0.05) is 12.8 Å². The lowest BCUT2D eigenvalue weighted by Crippen LogP contribution is -2.48. The normalized spacial score (nSPS) is 14.5. The Morgan fingerprint density at radius 1 is 0.962 bits per heavy atom. The molecule has 2 aromatic rings. The average Bonchev–Trinajstić information content (AvgIpc) is 3.04. The first-order valence-corrected chi connectivity index (χ1v) is 7.99. The molecule has 26 heavy (non-hydrogen) atoms. The van der Waals surface area contributed by atoms with Crippen LogP contribution < -0.4 is 16.4 Å². The van der Waals surface area contributed by atoms with Crippen LogP contribution in [0.25, 0.3) is 0 Å². The van der Waals surface area contributed by atoms with Gasteiger partial charge in [0.25, 0.3) is 5.91 Å². The number of benzene rings is 1. The number of rotatable bonds is 4. The molecule has 1 aromatic carbocycles. The molecule has 0 bridgehead atoms. The SMILES string of the molecule is Cl.Cl.NC1(C(=O)Nc2ccc(C(=O)Nc3cccnc3)cc2)CCCC1. The molecular formula is C18H22Cl2N4O2. The van der Waals surface area contributed by atoms with E-state index < -0.39 is 5.54 Å². The predicted molar refractivity (Wildman–Crippen MR) is 107 cm³/mol. The van der Waals surface area contributed by atoms with Crippen LogP contribution in [0.2, 0.25) is 0 Å².